The second-order valence-corrected chi connectivity index (χ2v) is 4.36. The van der Waals surface area contributed by atoms with E-state index >= 15 is 0 Å². The van der Waals surface area contributed by atoms with E-state index in [2.05, 4.69) is 22.0 Å². The highest BCUT2D eigenvalue weighted by Crippen LogP contribution is 2.24. The lowest BCUT2D eigenvalue weighted by atomic mass is 10.0. The van der Waals surface area contributed by atoms with Crippen LogP contribution in [0.3, 0.4) is 0 Å². The van der Waals surface area contributed by atoms with Crippen molar-refractivity contribution in [3.63, 3.8) is 0 Å². The SMILES string of the molecule is CCOC(=O)Cc1cc(C#N)c(Br)c(CC)c1. The van der Waals surface area contributed by atoms with E-state index in [1.165, 1.54) is 0 Å². The highest BCUT2D eigenvalue weighted by molar-refractivity contribution is 9.10. The first kappa shape index (κ1) is 13.7. The van der Waals surface area contributed by atoms with Crippen molar-refractivity contribution >= 4 is 21.9 Å². The molecule has 0 N–H and O–H groups in total. The molecule has 0 aromatic heterocycles. The lowest BCUT2D eigenvalue weighted by Crippen LogP contribution is -2.08. The summed E-state index contributed by atoms with van der Waals surface area (Å²) < 4.78 is 5.70. The van der Waals surface area contributed by atoms with Crippen molar-refractivity contribution in [1.29, 1.82) is 5.26 Å². The van der Waals surface area contributed by atoms with Gasteiger partial charge in [-0.15, -0.1) is 0 Å². The number of esters is 1. The molecule has 0 aliphatic rings. The van der Waals surface area contributed by atoms with Crippen LogP contribution in [0.4, 0.5) is 0 Å². The maximum atomic E-state index is 11.4. The maximum absolute atomic E-state index is 11.4. The quantitative estimate of drug-likeness (QED) is 0.803. The number of aryl methyl sites for hydroxylation is 1. The second kappa shape index (κ2) is 6.41. The fourth-order valence-electron chi connectivity index (χ4n) is 1.57. The number of carbonyl (C=O) groups is 1. The monoisotopic (exact) mass is 295 g/mol. The Bertz CT molecular complexity index is 463. The molecule has 0 aliphatic carbocycles. The molecular weight excluding hydrogens is 282 g/mol. The first-order valence-electron chi connectivity index (χ1n) is 5.49. The van der Waals surface area contributed by atoms with E-state index in [4.69, 9.17) is 10.00 Å². The average molecular weight is 296 g/mol. The molecule has 0 spiro atoms. The van der Waals surface area contributed by atoms with Crippen LogP contribution in [0.15, 0.2) is 16.6 Å². The van der Waals surface area contributed by atoms with Crippen LogP contribution in [-0.4, -0.2) is 12.6 Å². The molecule has 0 atom stereocenters. The van der Waals surface area contributed by atoms with Gasteiger partial charge in [-0.05, 0) is 46.5 Å². The normalized spacial score (nSPS) is 9.76. The summed E-state index contributed by atoms with van der Waals surface area (Å²) in [6.45, 7) is 4.16. The van der Waals surface area contributed by atoms with Crippen LogP contribution in [0, 0.1) is 11.3 Å². The summed E-state index contributed by atoms with van der Waals surface area (Å²) in [4.78, 5) is 11.4. The summed E-state index contributed by atoms with van der Waals surface area (Å²) >= 11 is 3.39. The Morgan fingerprint density at radius 1 is 1.47 bits per heavy atom. The molecule has 0 saturated carbocycles. The van der Waals surface area contributed by atoms with Crippen LogP contribution in [0.25, 0.3) is 0 Å². The zero-order valence-electron chi connectivity index (χ0n) is 9.92. The highest BCUT2D eigenvalue weighted by atomic mass is 79.9. The van der Waals surface area contributed by atoms with Gasteiger partial charge in [0.1, 0.15) is 6.07 Å². The van der Waals surface area contributed by atoms with Gasteiger partial charge in [-0.1, -0.05) is 13.0 Å². The van der Waals surface area contributed by atoms with E-state index in [1.807, 2.05) is 13.0 Å². The van der Waals surface area contributed by atoms with Crippen LogP contribution in [-0.2, 0) is 22.4 Å². The smallest absolute Gasteiger partial charge is 0.310 e. The molecule has 1 aromatic rings. The summed E-state index contributed by atoms with van der Waals surface area (Å²) in [5.41, 5.74) is 2.41. The Morgan fingerprint density at radius 3 is 2.71 bits per heavy atom. The molecular formula is C13H14BrNO2. The molecule has 0 aliphatic heterocycles. The number of carbonyl (C=O) groups excluding carboxylic acids is 1. The zero-order valence-corrected chi connectivity index (χ0v) is 11.5. The summed E-state index contributed by atoms with van der Waals surface area (Å²) in [5, 5.41) is 9.00. The van der Waals surface area contributed by atoms with E-state index in [0.717, 1.165) is 22.0 Å². The number of rotatable bonds is 4. The van der Waals surface area contributed by atoms with Crippen LogP contribution >= 0.6 is 15.9 Å². The number of nitrogens with zero attached hydrogens (tertiary/aromatic N) is 1. The summed E-state index contributed by atoms with van der Waals surface area (Å²) in [6.07, 6.45) is 1.02. The van der Waals surface area contributed by atoms with E-state index < -0.39 is 0 Å². The van der Waals surface area contributed by atoms with Gasteiger partial charge in [0.2, 0.25) is 0 Å². The van der Waals surface area contributed by atoms with Crippen molar-refractivity contribution in [3.05, 3.63) is 33.3 Å². The van der Waals surface area contributed by atoms with Gasteiger partial charge in [0, 0.05) is 4.47 Å². The van der Waals surface area contributed by atoms with Crippen molar-refractivity contribution in [3.8, 4) is 6.07 Å². The number of nitriles is 1. The fourth-order valence-corrected chi connectivity index (χ4v) is 2.17. The van der Waals surface area contributed by atoms with Crippen LogP contribution in [0.5, 0.6) is 0 Å². The Hall–Kier alpha value is -1.34. The van der Waals surface area contributed by atoms with Gasteiger partial charge in [0.15, 0.2) is 0 Å². The number of benzene rings is 1. The van der Waals surface area contributed by atoms with Crippen LogP contribution in [0.1, 0.15) is 30.5 Å². The van der Waals surface area contributed by atoms with E-state index in [-0.39, 0.29) is 12.4 Å². The maximum Gasteiger partial charge on any atom is 0.310 e. The summed E-state index contributed by atoms with van der Waals surface area (Å²) in [5.74, 6) is -0.263. The van der Waals surface area contributed by atoms with Gasteiger partial charge in [0.05, 0.1) is 18.6 Å². The Kier molecular flexibility index (Phi) is 5.17. The first-order valence-corrected chi connectivity index (χ1v) is 6.28. The molecule has 4 heteroatoms. The molecule has 0 fully saturated rings. The minimum Gasteiger partial charge on any atom is -0.466 e. The molecule has 0 amide bonds. The topological polar surface area (TPSA) is 50.1 Å². The fraction of sp³-hybridized carbons (Fsp3) is 0.385. The van der Waals surface area contributed by atoms with Crippen LogP contribution < -0.4 is 0 Å². The van der Waals surface area contributed by atoms with E-state index in [0.29, 0.717) is 12.2 Å². The molecule has 17 heavy (non-hydrogen) atoms. The molecule has 0 heterocycles. The molecule has 0 saturated heterocycles. The standard InChI is InChI=1S/C13H14BrNO2/c1-3-10-5-9(7-12(16)17-4-2)6-11(8-15)13(10)14/h5-6H,3-4,7H2,1-2H3. The lowest BCUT2D eigenvalue weighted by Gasteiger charge is -2.08. The van der Waals surface area contributed by atoms with Gasteiger partial charge >= 0.3 is 5.97 Å². The van der Waals surface area contributed by atoms with E-state index in [9.17, 15) is 4.79 Å². The van der Waals surface area contributed by atoms with Gasteiger partial charge in [0.25, 0.3) is 0 Å². The van der Waals surface area contributed by atoms with Crippen LogP contribution in [0.2, 0.25) is 0 Å². The van der Waals surface area contributed by atoms with Crippen molar-refractivity contribution in [2.45, 2.75) is 26.7 Å². The van der Waals surface area contributed by atoms with Gasteiger partial charge in [-0.3, -0.25) is 4.79 Å². The predicted octanol–water partition coefficient (Wildman–Crippen LogP) is 2.99. The Balaban J connectivity index is 3.02. The third-order valence-electron chi connectivity index (χ3n) is 2.36. The first-order chi connectivity index (χ1) is 8.12. The van der Waals surface area contributed by atoms with Crippen molar-refractivity contribution in [1.82, 2.24) is 0 Å². The number of halogens is 1. The van der Waals surface area contributed by atoms with Gasteiger partial charge in [-0.25, -0.2) is 0 Å². The predicted molar refractivity (Wildman–Crippen MR) is 68.6 cm³/mol. The minimum atomic E-state index is -0.263. The summed E-state index contributed by atoms with van der Waals surface area (Å²) in [7, 11) is 0. The molecule has 90 valence electrons. The van der Waals surface area contributed by atoms with Gasteiger partial charge in [-0.2, -0.15) is 5.26 Å². The number of hydrogen-bond acceptors (Lipinski definition) is 3. The minimum absolute atomic E-state index is 0.211. The molecule has 1 aromatic carbocycles. The molecule has 1 rings (SSSR count). The van der Waals surface area contributed by atoms with Crippen molar-refractivity contribution in [2.75, 3.05) is 6.61 Å². The summed E-state index contributed by atoms with van der Waals surface area (Å²) in [6, 6.07) is 5.77. The number of ether oxygens (including phenoxy) is 1. The zero-order chi connectivity index (χ0) is 12.8. The highest BCUT2D eigenvalue weighted by Gasteiger charge is 2.10. The third kappa shape index (κ3) is 3.57. The van der Waals surface area contributed by atoms with Crippen molar-refractivity contribution < 1.29 is 9.53 Å². The average Bonchev–Trinajstić information content (AvgIpc) is 2.31. The molecule has 0 radical (unpaired) electrons. The van der Waals surface area contributed by atoms with E-state index in [1.54, 1.807) is 13.0 Å². The third-order valence-corrected chi connectivity index (χ3v) is 3.30. The lowest BCUT2D eigenvalue weighted by molar-refractivity contribution is -0.142. The largest absolute Gasteiger partial charge is 0.466 e. The molecule has 3 nitrogen and oxygen atoms in total. The molecule has 0 bridgehead atoms. The Morgan fingerprint density at radius 2 is 2.18 bits per heavy atom. The van der Waals surface area contributed by atoms with Crippen molar-refractivity contribution in [2.24, 2.45) is 0 Å². The number of hydrogen-bond donors (Lipinski definition) is 0. The Labute approximate surface area is 110 Å². The molecule has 0 unspecified atom stereocenters. The van der Waals surface area contributed by atoms with Gasteiger partial charge < -0.3 is 4.74 Å². The second-order valence-electron chi connectivity index (χ2n) is 3.56.